The van der Waals surface area contributed by atoms with Gasteiger partial charge in [0.2, 0.25) is 0 Å². The van der Waals surface area contributed by atoms with Crippen LogP contribution in [0.3, 0.4) is 0 Å². The van der Waals surface area contributed by atoms with Crippen molar-refractivity contribution in [2.45, 2.75) is 32.9 Å². The smallest absolute Gasteiger partial charge is 0.181 e. The Kier molecular flexibility index (Phi) is 7.15. The number of aryl methyl sites for hydroxylation is 1. The minimum atomic E-state index is -0.462. The molecular formula is C28H29NO3. The number of carbonyl (C=O) groups excluding carboxylic acids is 1. The molecule has 0 atom stereocenters. The van der Waals surface area contributed by atoms with Crippen LogP contribution >= 0.6 is 0 Å². The predicted octanol–water partition coefficient (Wildman–Crippen LogP) is 5.19. The zero-order chi connectivity index (χ0) is 22.3. The first-order chi connectivity index (χ1) is 15.6. The summed E-state index contributed by atoms with van der Waals surface area (Å²) in [5, 5.41) is 8.84. The Balaban J connectivity index is 1.44. The van der Waals surface area contributed by atoms with Crippen LogP contribution in [0.15, 0.2) is 77.2 Å². The maximum absolute atomic E-state index is 11.3. The molecule has 0 saturated heterocycles. The summed E-state index contributed by atoms with van der Waals surface area (Å²) in [6, 6.07) is 20.9. The molecule has 0 bridgehead atoms. The lowest BCUT2D eigenvalue weighted by Gasteiger charge is -2.22. The molecule has 4 rings (SSSR count). The van der Waals surface area contributed by atoms with Crippen LogP contribution in [0, 0.1) is 6.92 Å². The number of nitrogens with zero attached hydrogens (tertiary/aromatic N) is 1. The third kappa shape index (κ3) is 5.72. The van der Waals surface area contributed by atoms with Crippen LogP contribution in [0.5, 0.6) is 0 Å². The van der Waals surface area contributed by atoms with Crippen molar-refractivity contribution < 1.29 is 14.3 Å². The highest BCUT2D eigenvalue weighted by molar-refractivity contribution is 5.94. The number of benzene rings is 2. The van der Waals surface area contributed by atoms with E-state index in [9.17, 15) is 4.79 Å². The molecule has 0 amide bonds. The number of allylic oxidation sites excluding steroid dienone is 1. The van der Waals surface area contributed by atoms with Crippen LogP contribution in [-0.2, 0) is 24.3 Å². The summed E-state index contributed by atoms with van der Waals surface area (Å²) >= 11 is 0. The van der Waals surface area contributed by atoms with Crippen molar-refractivity contribution in [3.05, 3.63) is 107 Å². The van der Waals surface area contributed by atoms with Crippen molar-refractivity contribution in [3.63, 3.8) is 0 Å². The molecule has 1 N–H and O–H groups in total. The molecule has 4 heteroatoms. The monoisotopic (exact) mass is 427 g/mol. The second kappa shape index (κ2) is 10.4. The molecule has 1 aromatic heterocycles. The van der Waals surface area contributed by atoms with Crippen molar-refractivity contribution in [2.24, 2.45) is 0 Å². The average Bonchev–Trinajstić information content (AvgIpc) is 3.42. The van der Waals surface area contributed by atoms with Gasteiger partial charge in [0.1, 0.15) is 18.1 Å². The lowest BCUT2D eigenvalue weighted by molar-refractivity contribution is -0.117. The molecule has 4 nitrogen and oxygen atoms in total. The highest BCUT2D eigenvalue weighted by Gasteiger charge is 2.16. The third-order valence-electron chi connectivity index (χ3n) is 5.81. The number of fused-ring (bicyclic) bond motifs is 1. The molecule has 0 unspecified atom stereocenters. The zero-order valence-corrected chi connectivity index (χ0v) is 18.5. The number of aliphatic hydroxyl groups is 1. The number of ketones is 1. The van der Waals surface area contributed by atoms with Gasteiger partial charge in [0.05, 0.1) is 6.54 Å². The van der Waals surface area contributed by atoms with E-state index in [-0.39, 0.29) is 5.78 Å². The summed E-state index contributed by atoms with van der Waals surface area (Å²) in [6.45, 7) is 4.02. The first-order valence-corrected chi connectivity index (χ1v) is 11.1. The van der Waals surface area contributed by atoms with Crippen molar-refractivity contribution >= 4 is 17.4 Å². The van der Waals surface area contributed by atoms with Gasteiger partial charge in [-0.05, 0) is 65.8 Å². The molecule has 3 aromatic rings. The Labute approximate surface area is 189 Å². The van der Waals surface area contributed by atoms with Gasteiger partial charge in [-0.1, -0.05) is 60.7 Å². The predicted molar refractivity (Wildman–Crippen MR) is 128 cm³/mol. The Morgan fingerprint density at radius 3 is 2.62 bits per heavy atom. The maximum atomic E-state index is 11.3. The van der Waals surface area contributed by atoms with Gasteiger partial charge in [0.25, 0.3) is 0 Å². The molecule has 0 saturated carbocycles. The zero-order valence-electron chi connectivity index (χ0n) is 18.5. The Morgan fingerprint density at radius 2 is 1.88 bits per heavy atom. The molecule has 0 aliphatic heterocycles. The summed E-state index contributed by atoms with van der Waals surface area (Å²) in [7, 11) is 0. The average molecular weight is 428 g/mol. The van der Waals surface area contributed by atoms with Gasteiger partial charge in [0, 0.05) is 13.1 Å². The van der Waals surface area contributed by atoms with Crippen LogP contribution in [0.2, 0.25) is 0 Å². The normalized spacial score (nSPS) is 13.0. The van der Waals surface area contributed by atoms with Crippen LogP contribution in [-0.4, -0.2) is 28.9 Å². The fraction of sp³-hybridized carbons (Fsp3) is 0.250. The topological polar surface area (TPSA) is 53.7 Å². The van der Waals surface area contributed by atoms with Gasteiger partial charge in [-0.3, -0.25) is 9.69 Å². The minimum Gasteiger partial charge on any atom is -0.465 e. The largest absolute Gasteiger partial charge is 0.465 e. The molecule has 0 spiro atoms. The summed E-state index contributed by atoms with van der Waals surface area (Å²) in [5.74, 6) is 1.61. The van der Waals surface area contributed by atoms with E-state index in [0.29, 0.717) is 0 Å². The fourth-order valence-electron chi connectivity index (χ4n) is 4.11. The summed E-state index contributed by atoms with van der Waals surface area (Å²) < 4.78 is 5.85. The molecule has 2 aromatic carbocycles. The number of hydrogen-bond donors (Lipinski definition) is 1. The van der Waals surface area contributed by atoms with Crippen LogP contribution < -0.4 is 0 Å². The molecule has 164 valence electrons. The summed E-state index contributed by atoms with van der Waals surface area (Å²) in [4.78, 5) is 13.7. The minimum absolute atomic E-state index is 0.295. The Bertz CT molecular complexity index is 1120. The molecule has 1 aliphatic rings. The fourth-order valence-corrected chi connectivity index (χ4v) is 4.11. The number of carbonyl (C=O) groups is 1. The summed E-state index contributed by atoms with van der Waals surface area (Å²) in [5.41, 5.74) is 6.38. The van der Waals surface area contributed by atoms with E-state index < -0.39 is 6.61 Å². The van der Waals surface area contributed by atoms with E-state index >= 15 is 0 Å². The highest BCUT2D eigenvalue weighted by Crippen LogP contribution is 2.30. The standard InChI is InChI=1S/C28H29NO3/c1-21-6-15-27(32-21)19-29(17-16-25-13-12-24-4-2-3-5-28(24)25)18-23-9-7-22(8-10-23)11-14-26(31)20-30/h2-11,13-15,30H,12,16-20H2,1H3/b14-11+. The Hall–Kier alpha value is -3.21. The molecule has 1 heterocycles. The van der Waals surface area contributed by atoms with Crippen molar-refractivity contribution in [3.8, 4) is 0 Å². The van der Waals surface area contributed by atoms with Crippen molar-refractivity contribution in [2.75, 3.05) is 13.2 Å². The molecule has 1 aliphatic carbocycles. The quantitative estimate of drug-likeness (QED) is 0.452. The highest BCUT2D eigenvalue weighted by atomic mass is 16.3. The van der Waals surface area contributed by atoms with Gasteiger partial charge in [0.15, 0.2) is 5.78 Å². The van der Waals surface area contributed by atoms with Crippen molar-refractivity contribution in [1.29, 1.82) is 0 Å². The van der Waals surface area contributed by atoms with E-state index in [0.717, 1.165) is 49.6 Å². The van der Waals surface area contributed by atoms with E-state index in [1.54, 1.807) is 6.08 Å². The second-order valence-corrected chi connectivity index (χ2v) is 8.26. The van der Waals surface area contributed by atoms with Gasteiger partial charge in [-0.25, -0.2) is 0 Å². The lowest BCUT2D eigenvalue weighted by atomic mass is 10.0. The Morgan fingerprint density at radius 1 is 1.06 bits per heavy atom. The van der Waals surface area contributed by atoms with Gasteiger partial charge < -0.3 is 9.52 Å². The third-order valence-corrected chi connectivity index (χ3v) is 5.81. The molecular weight excluding hydrogens is 398 g/mol. The molecule has 0 fully saturated rings. The van der Waals surface area contributed by atoms with E-state index in [1.807, 2.05) is 25.1 Å². The van der Waals surface area contributed by atoms with Gasteiger partial charge in [-0.2, -0.15) is 0 Å². The lowest BCUT2D eigenvalue weighted by Crippen LogP contribution is -2.24. The number of furan rings is 1. The maximum Gasteiger partial charge on any atom is 0.181 e. The van der Waals surface area contributed by atoms with Gasteiger partial charge >= 0.3 is 0 Å². The first-order valence-electron chi connectivity index (χ1n) is 11.1. The number of aliphatic hydroxyl groups excluding tert-OH is 1. The second-order valence-electron chi connectivity index (χ2n) is 8.26. The van der Waals surface area contributed by atoms with Crippen LogP contribution in [0.4, 0.5) is 0 Å². The van der Waals surface area contributed by atoms with Crippen molar-refractivity contribution in [1.82, 2.24) is 4.90 Å². The van der Waals surface area contributed by atoms with Crippen LogP contribution in [0.1, 0.15) is 40.2 Å². The number of rotatable bonds is 10. The van der Waals surface area contributed by atoms with Crippen LogP contribution in [0.25, 0.3) is 11.6 Å². The molecule has 0 radical (unpaired) electrons. The summed E-state index contributed by atoms with van der Waals surface area (Å²) in [6.07, 6.45) is 7.52. The van der Waals surface area contributed by atoms with E-state index in [1.165, 1.54) is 28.3 Å². The molecule has 32 heavy (non-hydrogen) atoms. The van der Waals surface area contributed by atoms with E-state index in [2.05, 4.69) is 53.4 Å². The SMILES string of the molecule is Cc1ccc(CN(CCC2=CCc3ccccc32)Cc2ccc(/C=C/C(=O)CO)cc2)o1. The first kappa shape index (κ1) is 22.0. The van der Waals surface area contributed by atoms with E-state index in [4.69, 9.17) is 9.52 Å². The van der Waals surface area contributed by atoms with Gasteiger partial charge in [-0.15, -0.1) is 0 Å². The number of hydrogen-bond acceptors (Lipinski definition) is 4.